The third-order valence-corrected chi connectivity index (χ3v) is 3.69. The van der Waals surface area contributed by atoms with Crippen LogP contribution in [0.3, 0.4) is 0 Å². The van der Waals surface area contributed by atoms with Crippen LogP contribution in [0.15, 0.2) is 40.5 Å². The van der Waals surface area contributed by atoms with Gasteiger partial charge in [0.15, 0.2) is 10.9 Å². The molecule has 1 aromatic carbocycles. The predicted molar refractivity (Wildman–Crippen MR) is 72.3 cm³/mol. The van der Waals surface area contributed by atoms with Crippen molar-refractivity contribution in [2.45, 2.75) is 23.9 Å². The summed E-state index contributed by atoms with van der Waals surface area (Å²) in [6, 6.07) is 7.08. The average Bonchev–Trinajstić information content (AvgIpc) is 2.31. The van der Waals surface area contributed by atoms with E-state index in [0.29, 0.717) is 15.7 Å². The monoisotopic (exact) mass is 278 g/mol. The third kappa shape index (κ3) is 3.09. The molecule has 0 aliphatic rings. The van der Waals surface area contributed by atoms with Crippen molar-refractivity contribution in [2.24, 2.45) is 0 Å². The van der Waals surface area contributed by atoms with Crippen molar-refractivity contribution in [1.82, 2.24) is 9.97 Å². The molecular formula is C13H11ClN2OS. The average molecular weight is 279 g/mol. The smallest absolute Gasteiger partial charge is 0.192 e. The molecule has 0 amide bonds. The van der Waals surface area contributed by atoms with Gasteiger partial charge in [-0.2, -0.15) is 0 Å². The fourth-order valence-corrected chi connectivity index (χ4v) is 2.46. The number of hydrogen-bond donors (Lipinski definition) is 0. The molecule has 3 nitrogen and oxygen atoms in total. The minimum absolute atomic E-state index is 0.000237. The van der Waals surface area contributed by atoms with E-state index in [1.54, 1.807) is 18.3 Å². The molecule has 0 radical (unpaired) electrons. The molecule has 0 atom stereocenters. The first-order chi connectivity index (χ1) is 8.56. The molecule has 0 N–H and O–H groups in total. The second kappa shape index (κ2) is 5.50. The van der Waals surface area contributed by atoms with E-state index in [1.807, 2.05) is 19.1 Å². The van der Waals surface area contributed by atoms with Gasteiger partial charge in [0.2, 0.25) is 0 Å². The van der Waals surface area contributed by atoms with Crippen molar-refractivity contribution in [3.8, 4) is 0 Å². The molecule has 18 heavy (non-hydrogen) atoms. The Balaban J connectivity index is 2.27. The van der Waals surface area contributed by atoms with Crippen molar-refractivity contribution in [1.29, 1.82) is 0 Å². The van der Waals surface area contributed by atoms with Gasteiger partial charge < -0.3 is 0 Å². The quantitative estimate of drug-likeness (QED) is 0.633. The number of carbonyl (C=O) groups excluding carboxylic acids is 1. The lowest BCUT2D eigenvalue weighted by atomic mass is 10.1. The lowest BCUT2D eigenvalue weighted by molar-refractivity contribution is 0.101. The van der Waals surface area contributed by atoms with Gasteiger partial charge in [-0.05, 0) is 43.8 Å². The van der Waals surface area contributed by atoms with Gasteiger partial charge in [-0.25, -0.2) is 9.97 Å². The predicted octanol–water partition coefficient (Wildman–Crippen LogP) is 3.79. The number of halogens is 1. The standard InChI is InChI=1S/C13H11ClN2OS/c1-8-5-6-15-13(16-8)18-12-4-3-10(9(2)17)7-11(12)14/h3-7H,1-2H3. The van der Waals surface area contributed by atoms with E-state index in [4.69, 9.17) is 11.6 Å². The molecule has 1 heterocycles. The van der Waals surface area contributed by atoms with E-state index < -0.39 is 0 Å². The van der Waals surface area contributed by atoms with Crippen molar-refractivity contribution in [2.75, 3.05) is 0 Å². The number of ketones is 1. The molecule has 0 fully saturated rings. The van der Waals surface area contributed by atoms with Crippen LogP contribution < -0.4 is 0 Å². The summed E-state index contributed by atoms with van der Waals surface area (Å²) in [5.74, 6) is 0.000237. The van der Waals surface area contributed by atoms with Gasteiger partial charge in [-0.1, -0.05) is 17.7 Å². The maximum atomic E-state index is 11.2. The van der Waals surface area contributed by atoms with Crippen molar-refractivity contribution >= 4 is 29.1 Å². The van der Waals surface area contributed by atoms with Crippen molar-refractivity contribution in [3.63, 3.8) is 0 Å². The van der Waals surface area contributed by atoms with E-state index in [2.05, 4.69) is 9.97 Å². The van der Waals surface area contributed by atoms with Crippen LogP contribution in [0.1, 0.15) is 23.0 Å². The van der Waals surface area contributed by atoms with Gasteiger partial charge in [0.1, 0.15) is 0 Å². The number of carbonyl (C=O) groups is 1. The molecular weight excluding hydrogens is 268 g/mol. The first-order valence-corrected chi connectivity index (χ1v) is 6.53. The minimum atomic E-state index is 0.000237. The Labute approximate surface area is 115 Å². The second-order valence-electron chi connectivity index (χ2n) is 3.78. The molecule has 2 rings (SSSR count). The Morgan fingerprint density at radius 2 is 2.11 bits per heavy atom. The van der Waals surface area contributed by atoms with Crippen LogP contribution in [-0.4, -0.2) is 15.8 Å². The molecule has 92 valence electrons. The maximum Gasteiger partial charge on any atom is 0.192 e. The van der Waals surface area contributed by atoms with Crippen LogP contribution in [0.25, 0.3) is 0 Å². The zero-order valence-electron chi connectivity index (χ0n) is 9.98. The summed E-state index contributed by atoms with van der Waals surface area (Å²) in [6.07, 6.45) is 1.71. The van der Waals surface area contributed by atoms with Gasteiger partial charge in [0.05, 0.1) is 5.02 Å². The fourth-order valence-electron chi connectivity index (χ4n) is 1.38. The first kappa shape index (κ1) is 13.1. The molecule has 0 aliphatic heterocycles. The molecule has 5 heteroatoms. The van der Waals surface area contributed by atoms with E-state index in [-0.39, 0.29) is 5.78 Å². The molecule has 0 bridgehead atoms. The largest absolute Gasteiger partial charge is 0.295 e. The summed E-state index contributed by atoms with van der Waals surface area (Å²) in [7, 11) is 0. The van der Waals surface area contributed by atoms with Crippen LogP contribution in [0.5, 0.6) is 0 Å². The van der Waals surface area contributed by atoms with E-state index in [1.165, 1.54) is 18.7 Å². The maximum absolute atomic E-state index is 11.2. The summed E-state index contributed by atoms with van der Waals surface area (Å²) in [4.78, 5) is 20.5. The first-order valence-electron chi connectivity index (χ1n) is 5.34. The molecule has 2 aromatic rings. The Morgan fingerprint density at radius 3 is 2.72 bits per heavy atom. The van der Waals surface area contributed by atoms with Gasteiger partial charge in [-0.15, -0.1) is 0 Å². The van der Waals surface area contributed by atoms with Crippen LogP contribution in [0.4, 0.5) is 0 Å². The topological polar surface area (TPSA) is 42.9 Å². The van der Waals surface area contributed by atoms with Crippen molar-refractivity contribution < 1.29 is 4.79 Å². The summed E-state index contributed by atoms with van der Waals surface area (Å²) in [5, 5.41) is 1.19. The SMILES string of the molecule is CC(=O)c1ccc(Sc2nccc(C)n2)c(Cl)c1. The molecule has 1 aromatic heterocycles. The number of aryl methyl sites for hydroxylation is 1. The molecule has 0 saturated heterocycles. The van der Waals surface area contributed by atoms with E-state index >= 15 is 0 Å². The Morgan fingerprint density at radius 1 is 1.33 bits per heavy atom. The number of hydrogen-bond acceptors (Lipinski definition) is 4. The van der Waals surface area contributed by atoms with Gasteiger partial charge in [-0.3, -0.25) is 4.79 Å². The zero-order valence-corrected chi connectivity index (χ0v) is 11.5. The summed E-state index contributed by atoms with van der Waals surface area (Å²) >= 11 is 7.52. The highest BCUT2D eigenvalue weighted by Gasteiger charge is 2.08. The number of Topliss-reactive ketones (excluding diaryl/α,β-unsaturated/α-hetero) is 1. The zero-order chi connectivity index (χ0) is 13.1. The lowest BCUT2D eigenvalue weighted by Crippen LogP contribution is -1.92. The van der Waals surface area contributed by atoms with Crippen molar-refractivity contribution in [3.05, 3.63) is 46.7 Å². The molecule has 0 unspecified atom stereocenters. The fraction of sp³-hybridized carbons (Fsp3) is 0.154. The van der Waals surface area contributed by atoms with Crippen LogP contribution in [-0.2, 0) is 0 Å². The number of benzene rings is 1. The van der Waals surface area contributed by atoms with Crippen LogP contribution >= 0.6 is 23.4 Å². The Hall–Kier alpha value is -1.39. The van der Waals surface area contributed by atoms with Gasteiger partial charge in [0, 0.05) is 22.3 Å². The van der Waals surface area contributed by atoms with E-state index in [9.17, 15) is 4.79 Å². The highest BCUT2D eigenvalue weighted by Crippen LogP contribution is 2.31. The number of nitrogens with zero attached hydrogens (tertiary/aromatic N) is 2. The summed E-state index contributed by atoms with van der Waals surface area (Å²) < 4.78 is 0. The lowest BCUT2D eigenvalue weighted by Gasteiger charge is -2.04. The molecule has 0 aliphatic carbocycles. The van der Waals surface area contributed by atoms with Crippen LogP contribution in [0, 0.1) is 6.92 Å². The summed E-state index contributed by atoms with van der Waals surface area (Å²) in [6.45, 7) is 3.42. The highest BCUT2D eigenvalue weighted by molar-refractivity contribution is 7.99. The number of aromatic nitrogens is 2. The third-order valence-electron chi connectivity index (χ3n) is 2.31. The van der Waals surface area contributed by atoms with E-state index in [0.717, 1.165) is 10.6 Å². The Bertz CT molecular complexity index is 601. The molecule has 0 saturated carbocycles. The Kier molecular flexibility index (Phi) is 3.99. The van der Waals surface area contributed by atoms with Crippen LogP contribution in [0.2, 0.25) is 5.02 Å². The minimum Gasteiger partial charge on any atom is -0.295 e. The normalized spacial score (nSPS) is 10.4. The van der Waals surface area contributed by atoms with Gasteiger partial charge >= 0.3 is 0 Å². The number of rotatable bonds is 3. The highest BCUT2D eigenvalue weighted by atomic mass is 35.5. The van der Waals surface area contributed by atoms with Gasteiger partial charge in [0.25, 0.3) is 0 Å². The molecule has 0 spiro atoms. The summed E-state index contributed by atoms with van der Waals surface area (Å²) in [5.41, 5.74) is 1.51. The second-order valence-corrected chi connectivity index (χ2v) is 5.20.